The zero-order valence-corrected chi connectivity index (χ0v) is 20.6. The lowest BCUT2D eigenvalue weighted by Crippen LogP contribution is -2.45. The van der Waals surface area contributed by atoms with Crippen LogP contribution in [0.25, 0.3) is 0 Å². The number of benzene rings is 1. The molecule has 2 heterocycles. The van der Waals surface area contributed by atoms with Crippen molar-refractivity contribution in [1.29, 1.82) is 0 Å². The molecule has 1 nitrogen and oxygen atoms in total. The van der Waals surface area contributed by atoms with Crippen molar-refractivity contribution in [2.75, 3.05) is 11.5 Å². The van der Waals surface area contributed by atoms with Gasteiger partial charge in [0.25, 0.3) is 0 Å². The molecular formula is C26H38OS2. The minimum atomic E-state index is -0.0931. The maximum Gasteiger partial charge on any atom is 0.124 e. The lowest BCUT2D eigenvalue weighted by molar-refractivity contribution is 0.00819. The summed E-state index contributed by atoms with van der Waals surface area (Å²) in [6.45, 7) is 11.6. The number of thioether (sulfide) groups is 2. The first-order valence-corrected chi connectivity index (χ1v) is 13.6. The summed E-state index contributed by atoms with van der Waals surface area (Å²) in [7, 11) is 0. The van der Waals surface area contributed by atoms with Gasteiger partial charge in [-0.15, -0.1) is 23.5 Å². The standard InChI is InChI=1S/C26H38OS2/c1-6-7-8-9-12-26(28-13-14-29-26)20-16-19(3)24-21-15-18(2)10-11-22(21)25(4,5)27-23(24)17-20/h10,16-17,21-22H,6-9,11-15H2,1-5H3/t21-,22-/m1/s1. The van der Waals surface area contributed by atoms with Crippen LogP contribution in [0.5, 0.6) is 5.75 Å². The van der Waals surface area contributed by atoms with Gasteiger partial charge in [0.2, 0.25) is 0 Å². The van der Waals surface area contributed by atoms with E-state index in [1.54, 1.807) is 5.57 Å². The summed E-state index contributed by atoms with van der Waals surface area (Å²) in [4.78, 5) is 0. The third kappa shape index (κ3) is 4.15. The topological polar surface area (TPSA) is 9.23 Å². The molecule has 0 unspecified atom stereocenters. The van der Waals surface area contributed by atoms with E-state index in [9.17, 15) is 0 Å². The molecule has 29 heavy (non-hydrogen) atoms. The van der Waals surface area contributed by atoms with Crippen molar-refractivity contribution in [3.63, 3.8) is 0 Å². The second-order valence-corrected chi connectivity index (χ2v) is 12.9. The summed E-state index contributed by atoms with van der Waals surface area (Å²) in [5.74, 6) is 4.92. The van der Waals surface area contributed by atoms with Crippen LogP contribution in [-0.4, -0.2) is 17.1 Å². The highest BCUT2D eigenvalue weighted by atomic mass is 32.2. The summed E-state index contributed by atoms with van der Waals surface area (Å²) < 4.78 is 6.98. The van der Waals surface area contributed by atoms with Gasteiger partial charge in [0.05, 0.1) is 4.08 Å². The average molecular weight is 431 g/mol. The Kier molecular flexibility index (Phi) is 6.38. The summed E-state index contributed by atoms with van der Waals surface area (Å²) >= 11 is 4.36. The molecule has 160 valence electrons. The largest absolute Gasteiger partial charge is 0.487 e. The van der Waals surface area contributed by atoms with Crippen molar-refractivity contribution in [2.24, 2.45) is 5.92 Å². The second-order valence-electron chi connectivity index (χ2n) is 9.87. The van der Waals surface area contributed by atoms with Crippen molar-refractivity contribution in [2.45, 2.75) is 95.2 Å². The van der Waals surface area contributed by atoms with Crippen LogP contribution in [-0.2, 0) is 4.08 Å². The van der Waals surface area contributed by atoms with Crippen molar-refractivity contribution < 1.29 is 4.74 Å². The van der Waals surface area contributed by atoms with Gasteiger partial charge in [-0.1, -0.05) is 50.3 Å². The first kappa shape index (κ1) is 21.7. The fourth-order valence-electron chi connectivity index (χ4n) is 5.74. The van der Waals surface area contributed by atoms with Gasteiger partial charge in [0.15, 0.2) is 0 Å². The van der Waals surface area contributed by atoms with Crippen molar-refractivity contribution in [1.82, 2.24) is 0 Å². The summed E-state index contributed by atoms with van der Waals surface area (Å²) in [5, 5.41) is 0. The molecule has 3 heteroatoms. The van der Waals surface area contributed by atoms with E-state index in [4.69, 9.17) is 4.74 Å². The number of hydrogen-bond donors (Lipinski definition) is 0. The molecule has 0 saturated carbocycles. The van der Waals surface area contributed by atoms with Crippen LogP contribution in [0.1, 0.15) is 95.2 Å². The highest BCUT2D eigenvalue weighted by Crippen LogP contribution is 2.58. The van der Waals surface area contributed by atoms with E-state index in [0.29, 0.717) is 11.8 Å². The van der Waals surface area contributed by atoms with Gasteiger partial charge < -0.3 is 4.74 Å². The van der Waals surface area contributed by atoms with Gasteiger partial charge in [0.1, 0.15) is 11.4 Å². The molecule has 0 spiro atoms. The Morgan fingerprint density at radius 1 is 1.07 bits per heavy atom. The molecule has 1 aliphatic carbocycles. The van der Waals surface area contributed by atoms with Crippen molar-refractivity contribution in [3.8, 4) is 5.75 Å². The maximum atomic E-state index is 6.75. The molecule has 1 fully saturated rings. The molecule has 4 rings (SSSR count). The smallest absolute Gasteiger partial charge is 0.124 e. The Morgan fingerprint density at radius 2 is 1.83 bits per heavy atom. The zero-order valence-electron chi connectivity index (χ0n) is 19.0. The molecule has 0 radical (unpaired) electrons. The molecule has 3 aliphatic rings. The summed E-state index contributed by atoms with van der Waals surface area (Å²) in [5.41, 5.74) is 5.92. The van der Waals surface area contributed by atoms with E-state index >= 15 is 0 Å². The van der Waals surface area contributed by atoms with Crippen molar-refractivity contribution >= 4 is 23.5 Å². The molecule has 1 aromatic carbocycles. The van der Waals surface area contributed by atoms with Crippen LogP contribution >= 0.6 is 23.5 Å². The number of aryl methyl sites for hydroxylation is 1. The predicted octanol–water partition coefficient (Wildman–Crippen LogP) is 8.21. The highest BCUT2D eigenvalue weighted by Gasteiger charge is 2.46. The van der Waals surface area contributed by atoms with Gasteiger partial charge in [0, 0.05) is 23.0 Å². The molecule has 0 amide bonds. The molecule has 2 atom stereocenters. The lowest BCUT2D eigenvalue weighted by Gasteiger charge is -2.48. The van der Waals surface area contributed by atoms with Crippen LogP contribution in [0.4, 0.5) is 0 Å². The van der Waals surface area contributed by atoms with E-state index in [1.807, 2.05) is 0 Å². The second kappa shape index (κ2) is 8.54. The third-order valence-corrected chi connectivity index (χ3v) is 10.9. The Morgan fingerprint density at radius 3 is 2.55 bits per heavy atom. The Hall–Kier alpha value is -0.540. The van der Waals surface area contributed by atoms with Gasteiger partial charge in [-0.2, -0.15) is 0 Å². The molecule has 0 aromatic heterocycles. The summed E-state index contributed by atoms with van der Waals surface area (Å²) in [6, 6.07) is 4.97. The van der Waals surface area contributed by atoms with Gasteiger partial charge >= 0.3 is 0 Å². The van der Waals surface area contributed by atoms with E-state index in [2.05, 4.69) is 76.4 Å². The molecular weight excluding hydrogens is 392 g/mol. The van der Waals surface area contributed by atoms with E-state index in [1.165, 1.54) is 72.5 Å². The predicted molar refractivity (Wildman–Crippen MR) is 130 cm³/mol. The fraction of sp³-hybridized carbons (Fsp3) is 0.692. The number of rotatable bonds is 6. The van der Waals surface area contributed by atoms with Gasteiger partial charge in [-0.3, -0.25) is 0 Å². The molecule has 2 aliphatic heterocycles. The Bertz CT molecular complexity index is 773. The number of unbranched alkanes of at least 4 members (excludes halogenated alkanes) is 3. The minimum absolute atomic E-state index is 0.0931. The SMILES string of the molecule is CCCCCCC1(c2cc(C)c3c(c2)OC(C)(C)[C@@H]2CC=C(C)C[C@@H]32)SCCS1. The van der Waals surface area contributed by atoms with Gasteiger partial charge in [-0.05, 0) is 70.1 Å². The first-order chi connectivity index (χ1) is 13.9. The van der Waals surface area contributed by atoms with Gasteiger partial charge in [-0.25, -0.2) is 0 Å². The van der Waals surface area contributed by atoms with Crippen LogP contribution in [0.3, 0.4) is 0 Å². The molecule has 1 saturated heterocycles. The molecule has 0 bridgehead atoms. The average Bonchev–Trinajstić information content (AvgIpc) is 3.14. The summed E-state index contributed by atoms with van der Waals surface area (Å²) in [6.07, 6.45) is 11.4. The zero-order chi connectivity index (χ0) is 20.6. The minimum Gasteiger partial charge on any atom is -0.487 e. The van der Waals surface area contributed by atoms with Crippen LogP contribution in [0.2, 0.25) is 0 Å². The fourth-order valence-corrected chi connectivity index (χ4v) is 9.04. The van der Waals surface area contributed by atoms with Crippen LogP contribution in [0, 0.1) is 12.8 Å². The number of hydrogen-bond acceptors (Lipinski definition) is 3. The molecule has 1 aromatic rings. The Balaban J connectivity index is 1.70. The normalized spacial score (nSPS) is 27.0. The maximum absolute atomic E-state index is 6.75. The third-order valence-electron chi connectivity index (χ3n) is 7.29. The lowest BCUT2D eigenvalue weighted by atomic mass is 9.66. The van der Waals surface area contributed by atoms with Crippen LogP contribution < -0.4 is 4.74 Å². The van der Waals surface area contributed by atoms with Crippen molar-refractivity contribution in [3.05, 3.63) is 40.5 Å². The van der Waals surface area contributed by atoms with Crippen LogP contribution in [0.15, 0.2) is 23.8 Å². The quantitative estimate of drug-likeness (QED) is 0.332. The monoisotopic (exact) mass is 430 g/mol. The Labute approximate surface area is 186 Å². The van der Waals surface area contributed by atoms with E-state index in [0.717, 1.165) is 6.42 Å². The number of fused-ring (bicyclic) bond motifs is 3. The number of ether oxygens (including phenoxy) is 1. The number of allylic oxidation sites excluding steroid dienone is 2. The molecule has 0 N–H and O–H groups in total. The first-order valence-electron chi connectivity index (χ1n) is 11.6. The van der Waals surface area contributed by atoms with E-state index in [-0.39, 0.29) is 9.68 Å². The van der Waals surface area contributed by atoms with E-state index < -0.39 is 0 Å². The highest BCUT2D eigenvalue weighted by molar-refractivity contribution is 8.20.